The SMILES string of the molecule is CCCNc1ncc(Br)c(NCCN2CCCCC2)n1. The summed E-state index contributed by atoms with van der Waals surface area (Å²) in [5.74, 6) is 1.56. The Morgan fingerprint density at radius 3 is 2.75 bits per heavy atom. The van der Waals surface area contributed by atoms with E-state index in [-0.39, 0.29) is 0 Å². The van der Waals surface area contributed by atoms with Gasteiger partial charge in [0.1, 0.15) is 5.82 Å². The van der Waals surface area contributed by atoms with E-state index in [1.807, 2.05) is 0 Å². The van der Waals surface area contributed by atoms with Crippen LogP contribution in [0.4, 0.5) is 11.8 Å². The second-order valence-corrected chi connectivity index (χ2v) is 6.00. The summed E-state index contributed by atoms with van der Waals surface area (Å²) in [6, 6.07) is 0. The minimum Gasteiger partial charge on any atom is -0.368 e. The molecule has 2 heterocycles. The van der Waals surface area contributed by atoms with Crippen LogP contribution in [0.1, 0.15) is 32.6 Å². The van der Waals surface area contributed by atoms with Crippen LogP contribution in [0.25, 0.3) is 0 Å². The molecule has 0 amide bonds. The summed E-state index contributed by atoms with van der Waals surface area (Å²) in [5.41, 5.74) is 0. The topological polar surface area (TPSA) is 53.1 Å². The Morgan fingerprint density at radius 1 is 1.20 bits per heavy atom. The van der Waals surface area contributed by atoms with E-state index in [0.717, 1.165) is 36.3 Å². The average molecular weight is 342 g/mol. The van der Waals surface area contributed by atoms with Gasteiger partial charge in [-0.25, -0.2) is 4.98 Å². The van der Waals surface area contributed by atoms with Gasteiger partial charge in [0.15, 0.2) is 0 Å². The van der Waals surface area contributed by atoms with Crippen molar-refractivity contribution in [3.8, 4) is 0 Å². The molecule has 1 aromatic rings. The van der Waals surface area contributed by atoms with E-state index in [0.29, 0.717) is 5.95 Å². The zero-order valence-corrected chi connectivity index (χ0v) is 13.7. The number of halogens is 1. The first kappa shape index (κ1) is 15.5. The van der Waals surface area contributed by atoms with Crippen molar-refractivity contribution >= 4 is 27.7 Å². The highest BCUT2D eigenvalue weighted by Gasteiger charge is 2.10. The second-order valence-electron chi connectivity index (χ2n) is 5.15. The first-order chi connectivity index (χ1) is 9.79. The van der Waals surface area contributed by atoms with Gasteiger partial charge in [-0.15, -0.1) is 0 Å². The molecule has 0 atom stereocenters. The van der Waals surface area contributed by atoms with E-state index in [4.69, 9.17) is 0 Å². The Hall–Kier alpha value is -0.880. The molecule has 6 heteroatoms. The summed E-state index contributed by atoms with van der Waals surface area (Å²) in [5, 5.41) is 6.61. The largest absolute Gasteiger partial charge is 0.368 e. The molecule has 0 bridgehead atoms. The maximum absolute atomic E-state index is 4.49. The summed E-state index contributed by atoms with van der Waals surface area (Å²) in [6.07, 6.45) is 6.92. The molecule has 1 saturated heterocycles. The van der Waals surface area contributed by atoms with Gasteiger partial charge in [0.2, 0.25) is 5.95 Å². The van der Waals surface area contributed by atoms with Crippen molar-refractivity contribution in [1.82, 2.24) is 14.9 Å². The van der Waals surface area contributed by atoms with Gasteiger partial charge >= 0.3 is 0 Å². The van der Waals surface area contributed by atoms with E-state index in [2.05, 4.69) is 48.4 Å². The van der Waals surface area contributed by atoms with Crippen LogP contribution in [-0.2, 0) is 0 Å². The number of nitrogens with one attached hydrogen (secondary N) is 2. The van der Waals surface area contributed by atoms with Crippen molar-refractivity contribution in [2.75, 3.05) is 43.4 Å². The van der Waals surface area contributed by atoms with Gasteiger partial charge in [0, 0.05) is 25.8 Å². The van der Waals surface area contributed by atoms with Crippen LogP contribution >= 0.6 is 15.9 Å². The van der Waals surface area contributed by atoms with E-state index >= 15 is 0 Å². The number of hydrogen-bond donors (Lipinski definition) is 2. The molecule has 5 nitrogen and oxygen atoms in total. The normalized spacial score (nSPS) is 16.1. The van der Waals surface area contributed by atoms with Crippen molar-refractivity contribution in [1.29, 1.82) is 0 Å². The summed E-state index contributed by atoms with van der Waals surface area (Å²) in [4.78, 5) is 11.3. The maximum atomic E-state index is 4.49. The smallest absolute Gasteiger partial charge is 0.224 e. The molecule has 0 aromatic carbocycles. The highest BCUT2D eigenvalue weighted by Crippen LogP contribution is 2.20. The number of likely N-dealkylation sites (tertiary alicyclic amines) is 1. The number of nitrogens with zero attached hydrogens (tertiary/aromatic N) is 3. The minimum absolute atomic E-state index is 0.690. The summed E-state index contributed by atoms with van der Waals surface area (Å²) in [6.45, 7) is 7.49. The Morgan fingerprint density at radius 2 is 2.00 bits per heavy atom. The van der Waals surface area contributed by atoms with Crippen molar-refractivity contribution in [2.24, 2.45) is 0 Å². The Bertz CT molecular complexity index is 407. The van der Waals surface area contributed by atoms with E-state index in [9.17, 15) is 0 Å². The molecule has 112 valence electrons. The van der Waals surface area contributed by atoms with Gasteiger partial charge in [0.25, 0.3) is 0 Å². The molecule has 0 spiro atoms. The molecule has 20 heavy (non-hydrogen) atoms. The molecule has 0 aliphatic carbocycles. The van der Waals surface area contributed by atoms with Crippen molar-refractivity contribution in [3.05, 3.63) is 10.7 Å². The highest BCUT2D eigenvalue weighted by atomic mass is 79.9. The Labute approximate surface area is 129 Å². The average Bonchev–Trinajstić information content (AvgIpc) is 2.49. The zero-order valence-electron chi connectivity index (χ0n) is 12.2. The second kappa shape index (κ2) is 8.42. The molecular formula is C14H24BrN5. The molecule has 0 unspecified atom stereocenters. The fourth-order valence-corrected chi connectivity index (χ4v) is 2.66. The van der Waals surface area contributed by atoms with Crippen molar-refractivity contribution in [2.45, 2.75) is 32.6 Å². The third-order valence-electron chi connectivity index (χ3n) is 3.45. The Kier molecular flexibility index (Phi) is 6.53. The molecule has 2 N–H and O–H groups in total. The van der Waals surface area contributed by atoms with Gasteiger partial charge in [-0.3, -0.25) is 0 Å². The lowest BCUT2D eigenvalue weighted by molar-refractivity contribution is 0.237. The van der Waals surface area contributed by atoms with Gasteiger partial charge in [0.05, 0.1) is 4.47 Å². The van der Waals surface area contributed by atoms with E-state index < -0.39 is 0 Å². The van der Waals surface area contributed by atoms with E-state index in [1.165, 1.54) is 32.4 Å². The Balaban J connectivity index is 1.81. The minimum atomic E-state index is 0.690. The predicted molar refractivity (Wildman–Crippen MR) is 87.3 cm³/mol. The molecule has 1 aliphatic heterocycles. The first-order valence-corrected chi connectivity index (χ1v) is 8.31. The van der Waals surface area contributed by atoms with Crippen LogP contribution in [0, 0.1) is 0 Å². The van der Waals surface area contributed by atoms with Crippen molar-refractivity contribution < 1.29 is 0 Å². The van der Waals surface area contributed by atoms with Gasteiger partial charge in [-0.05, 0) is 48.3 Å². The molecule has 1 aliphatic rings. The fraction of sp³-hybridized carbons (Fsp3) is 0.714. The standard InChI is InChI=1S/C14H24BrN5/c1-2-6-17-14-18-11-12(15)13(19-14)16-7-10-20-8-4-3-5-9-20/h11H,2-10H2,1H3,(H2,16,17,18,19). The molecule has 0 radical (unpaired) electrons. The number of hydrogen-bond acceptors (Lipinski definition) is 5. The maximum Gasteiger partial charge on any atom is 0.224 e. The summed E-state index contributed by atoms with van der Waals surface area (Å²) < 4.78 is 0.915. The fourth-order valence-electron chi connectivity index (χ4n) is 2.33. The monoisotopic (exact) mass is 341 g/mol. The van der Waals surface area contributed by atoms with Gasteiger partial charge in [-0.1, -0.05) is 13.3 Å². The molecule has 0 saturated carbocycles. The van der Waals surface area contributed by atoms with Crippen LogP contribution in [-0.4, -0.2) is 47.6 Å². The number of anilines is 2. The van der Waals surface area contributed by atoms with Gasteiger partial charge in [-0.2, -0.15) is 4.98 Å². The van der Waals surface area contributed by atoms with Crippen LogP contribution in [0.3, 0.4) is 0 Å². The molecule has 1 aromatic heterocycles. The lowest BCUT2D eigenvalue weighted by atomic mass is 10.1. The lowest BCUT2D eigenvalue weighted by Gasteiger charge is -2.26. The van der Waals surface area contributed by atoms with E-state index in [1.54, 1.807) is 6.20 Å². The number of aromatic nitrogens is 2. The van der Waals surface area contributed by atoms with Gasteiger partial charge < -0.3 is 15.5 Å². The zero-order chi connectivity index (χ0) is 14.2. The quantitative estimate of drug-likeness (QED) is 0.798. The molecule has 2 rings (SSSR count). The molecule has 1 fully saturated rings. The van der Waals surface area contributed by atoms with Crippen LogP contribution in [0.2, 0.25) is 0 Å². The third-order valence-corrected chi connectivity index (χ3v) is 4.03. The summed E-state index contributed by atoms with van der Waals surface area (Å²) >= 11 is 3.50. The summed E-state index contributed by atoms with van der Waals surface area (Å²) in [7, 11) is 0. The van der Waals surface area contributed by atoms with Crippen LogP contribution in [0.15, 0.2) is 10.7 Å². The highest BCUT2D eigenvalue weighted by molar-refractivity contribution is 9.10. The number of piperidine rings is 1. The first-order valence-electron chi connectivity index (χ1n) is 7.52. The van der Waals surface area contributed by atoms with Crippen molar-refractivity contribution in [3.63, 3.8) is 0 Å². The third kappa shape index (κ3) is 4.90. The van der Waals surface area contributed by atoms with Crippen LogP contribution in [0.5, 0.6) is 0 Å². The molecular weight excluding hydrogens is 318 g/mol. The predicted octanol–water partition coefficient (Wildman–Crippen LogP) is 2.96. The van der Waals surface area contributed by atoms with Crippen LogP contribution < -0.4 is 10.6 Å². The lowest BCUT2D eigenvalue weighted by Crippen LogP contribution is -2.33. The number of rotatable bonds is 7.